The molecule has 1 aliphatic heterocycles. The van der Waals surface area contributed by atoms with E-state index in [0.717, 1.165) is 25.1 Å². The molecule has 1 aliphatic rings. The summed E-state index contributed by atoms with van der Waals surface area (Å²) < 4.78 is 0. The highest BCUT2D eigenvalue weighted by molar-refractivity contribution is 6.30. The van der Waals surface area contributed by atoms with Gasteiger partial charge in [-0.05, 0) is 31.0 Å². The van der Waals surface area contributed by atoms with Gasteiger partial charge in [-0.25, -0.2) is 0 Å². The van der Waals surface area contributed by atoms with Crippen molar-refractivity contribution in [1.82, 2.24) is 9.80 Å². The van der Waals surface area contributed by atoms with Crippen molar-refractivity contribution in [2.75, 3.05) is 26.7 Å². The minimum atomic E-state index is -0.0487. The molecule has 1 heterocycles. The highest BCUT2D eigenvalue weighted by Crippen LogP contribution is 2.26. The molecule has 20 heavy (non-hydrogen) atoms. The molecule has 2 N–H and O–H groups in total. The number of rotatable bonds is 3. The zero-order valence-corrected chi connectivity index (χ0v) is 12.8. The van der Waals surface area contributed by atoms with Crippen molar-refractivity contribution in [1.29, 1.82) is 0 Å². The molecule has 2 unspecified atom stereocenters. The summed E-state index contributed by atoms with van der Waals surface area (Å²) in [5.74, 6) is 0.155. The number of amides is 1. The van der Waals surface area contributed by atoms with E-state index in [9.17, 15) is 4.79 Å². The number of nitrogens with two attached hydrogens (primary N) is 1. The normalized spacial score (nSPS) is 20.6. The number of hydrogen-bond acceptors (Lipinski definition) is 3. The van der Waals surface area contributed by atoms with Crippen LogP contribution >= 0.6 is 11.6 Å². The van der Waals surface area contributed by atoms with Crippen molar-refractivity contribution >= 4 is 17.5 Å². The minimum absolute atomic E-state index is 0.0442. The molecule has 0 bridgehead atoms. The van der Waals surface area contributed by atoms with Crippen LogP contribution in [-0.2, 0) is 4.79 Å². The van der Waals surface area contributed by atoms with Gasteiger partial charge in [0.15, 0.2) is 0 Å². The second-order valence-corrected chi connectivity index (χ2v) is 5.93. The average molecular weight is 296 g/mol. The summed E-state index contributed by atoms with van der Waals surface area (Å²) in [7, 11) is 1.86. The summed E-state index contributed by atoms with van der Waals surface area (Å²) in [6.45, 7) is 4.09. The second-order valence-electron chi connectivity index (χ2n) is 5.49. The van der Waals surface area contributed by atoms with E-state index in [2.05, 4.69) is 4.90 Å². The van der Waals surface area contributed by atoms with Crippen LogP contribution in [0.5, 0.6) is 0 Å². The van der Waals surface area contributed by atoms with Crippen LogP contribution in [0.3, 0.4) is 0 Å². The standard InChI is InChI=1S/C15H22ClN3O/c1-11(17)15(12-4-6-13(16)7-5-12)19-9-3-8-18(2)14(20)10-19/h4-7,11,15H,3,8-10,17H2,1-2H3. The predicted octanol–water partition coefficient (Wildman–Crippen LogP) is 1.89. The van der Waals surface area contributed by atoms with Gasteiger partial charge in [-0.3, -0.25) is 9.69 Å². The smallest absolute Gasteiger partial charge is 0.236 e. The third-order valence-electron chi connectivity index (χ3n) is 3.81. The molecule has 1 amide bonds. The van der Waals surface area contributed by atoms with Gasteiger partial charge in [0.05, 0.1) is 12.6 Å². The Morgan fingerprint density at radius 2 is 1.90 bits per heavy atom. The summed E-state index contributed by atoms with van der Waals surface area (Å²) in [6, 6.07) is 7.73. The molecule has 5 heteroatoms. The zero-order valence-electron chi connectivity index (χ0n) is 12.1. The maximum Gasteiger partial charge on any atom is 0.236 e. The van der Waals surface area contributed by atoms with E-state index in [-0.39, 0.29) is 18.0 Å². The summed E-state index contributed by atoms with van der Waals surface area (Å²) in [5.41, 5.74) is 7.28. The second kappa shape index (κ2) is 6.57. The van der Waals surface area contributed by atoms with Crippen molar-refractivity contribution < 1.29 is 4.79 Å². The van der Waals surface area contributed by atoms with Gasteiger partial charge in [0.25, 0.3) is 0 Å². The molecule has 0 saturated carbocycles. The predicted molar refractivity (Wildman–Crippen MR) is 81.7 cm³/mol. The lowest BCUT2D eigenvalue weighted by molar-refractivity contribution is -0.130. The number of benzene rings is 1. The van der Waals surface area contributed by atoms with E-state index < -0.39 is 0 Å². The van der Waals surface area contributed by atoms with Crippen LogP contribution in [0.15, 0.2) is 24.3 Å². The lowest BCUT2D eigenvalue weighted by Crippen LogP contribution is -2.43. The number of halogens is 1. The Bertz CT molecular complexity index is 461. The van der Waals surface area contributed by atoms with Crippen molar-refractivity contribution in [3.05, 3.63) is 34.9 Å². The molecular weight excluding hydrogens is 274 g/mol. The van der Waals surface area contributed by atoms with E-state index in [4.69, 9.17) is 17.3 Å². The molecule has 0 aliphatic carbocycles. The van der Waals surface area contributed by atoms with Crippen LogP contribution in [0.25, 0.3) is 0 Å². The van der Waals surface area contributed by atoms with Crippen LogP contribution in [0.2, 0.25) is 5.02 Å². The number of carbonyl (C=O) groups excluding carboxylic acids is 1. The number of likely N-dealkylation sites (N-methyl/N-ethyl adjacent to an activating group) is 1. The maximum absolute atomic E-state index is 12.1. The van der Waals surface area contributed by atoms with Crippen LogP contribution < -0.4 is 5.73 Å². The topological polar surface area (TPSA) is 49.6 Å². The molecule has 0 aromatic heterocycles. The van der Waals surface area contributed by atoms with Crippen LogP contribution in [0.1, 0.15) is 24.9 Å². The molecular formula is C15H22ClN3O. The largest absolute Gasteiger partial charge is 0.345 e. The first-order valence-electron chi connectivity index (χ1n) is 6.98. The Morgan fingerprint density at radius 1 is 1.25 bits per heavy atom. The molecule has 1 aromatic rings. The lowest BCUT2D eigenvalue weighted by Gasteiger charge is -2.33. The summed E-state index contributed by atoms with van der Waals surface area (Å²) in [6.07, 6.45) is 0.971. The number of nitrogens with zero attached hydrogens (tertiary/aromatic N) is 2. The molecule has 1 aromatic carbocycles. The van der Waals surface area contributed by atoms with Crippen molar-refractivity contribution in [3.63, 3.8) is 0 Å². The molecule has 2 atom stereocenters. The van der Waals surface area contributed by atoms with Gasteiger partial charge in [-0.2, -0.15) is 0 Å². The van der Waals surface area contributed by atoms with Gasteiger partial charge in [0.1, 0.15) is 0 Å². The zero-order chi connectivity index (χ0) is 14.7. The van der Waals surface area contributed by atoms with Gasteiger partial charge in [0, 0.05) is 31.2 Å². The minimum Gasteiger partial charge on any atom is -0.345 e. The van der Waals surface area contributed by atoms with Gasteiger partial charge < -0.3 is 10.6 Å². The Hall–Kier alpha value is -1.10. The van der Waals surface area contributed by atoms with Crippen LogP contribution in [0.4, 0.5) is 0 Å². The molecule has 1 fully saturated rings. The number of carbonyl (C=O) groups is 1. The van der Waals surface area contributed by atoms with Gasteiger partial charge >= 0.3 is 0 Å². The fraction of sp³-hybridized carbons (Fsp3) is 0.533. The fourth-order valence-electron chi connectivity index (χ4n) is 2.75. The average Bonchev–Trinajstić information content (AvgIpc) is 2.55. The van der Waals surface area contributed by atoms with Crippen LogP contribution in [-0.4, -0.2) is 48.4 Å². The lowest BCUT2D eigenvalue weighted by atomic mass is 9.99. The number of hydrogen-bond donors (Lipinski definition) is 1. The SMILES string of the molecule is CC(N)C(c1ccc(Cl)cc1)N1CCCN(C)C(=O)C1. The Morgan fingerprint density at radius 3 is 2.50 bits per heavy atom. The first-order chi connectivity index (χ1) is 9.49. The van der Waals surface area contributed by atoms with Crippen molar-refractivity contribution in [3.8, 4) is 0 Å². The van der Waals surface area contributed by atoms with E-state index in [0.29, 0.717) is 11.6 Å². The third-order valence-corrected chi connectivity index (χ3v) is 4.06. The first-order valence-corrected chi connectivity index (χ1v) is 7.36. The molecule has 110 valence electrons. The summed E-state index contributed by atoms with van der Waals surface area (Å²) in [4.78, 5) is 16.0. The van der Waals surface area contributed by atoms with Crippen LogP contribution in [0, 0.1) is 0 Å². The van der Waals surface area contributed by atoms with E-state index in [1.807, 2.05) is 38.2 Å². The molecule has 0 radical (unpaired) electrons. The Kier molecular flexibility index (Phi) is 5.02. The quantitative estimate of drug-likeness (QED) is 0.926. The van der Waals surface area contributed by atoms with Crippen molar-refractivity contribution in [2.24, 2.45) is 5.73 Å². The van der Waals surface area contributed by atoms with Gasteiger partial charge in [0.2, 0.25) is 5.91 Å². The van der Waals surface area contributed by atoms with E-state index in [1.54, 1.807) is 4.90 Å². The highest BCUT2D eigenvalue weighted by atomic mass is 35.5. The third kappa shape index (κ3) is 3.51. The van der Waals surface area contributed by atoms with Crippen molar-refractivity contribution in [2.45, 2.75) is 25.4 Å². The highest BCUT2D eigenvalue weighted by Gasteiger charge is 2.28. The summed E-state index contributed by atoms with van der Waals surface area (Å²) >= 11 is 5.94. The maximum atomic E-state index is 12.1. The molecule has 1 saturated heterocycles. The van der Waals surface area contributed by atoms with Gasteiger partial charge in [-0.1, -0.05) is 23.7 Å². The monoisotopic (exact) mass is 295 g/mol. The van der Waals surface area contributed by atoms with E-state index >= 15 is 0 Å². The fourth-order valence-corrected chi connectivity index (χ4v) is 2.88. The molecule has 2 rings (SSSR count). The van der Waals surface area contributed by atoms with Gasteiger partial charge in [-0.15, -0.1) is 0 Å². The van der Waals surface area contributed by atoms with E-state index in [1.165, 1.54) is 0 Å². The first kappa shape index (κ1) is 15.3. The molecule has 0 spiro atoms. The Balaban J connectivity index is 2.24. The molecule has 4 nitrogen and oxygen atoms in total. The Labute approximate surface area is 125 Å². The summed E-state index contributed by atoms with van der Waals surface area (Å²) in [5, 5.41) is 0.712.